The summed E-state index contributed by atoms with van der Waals surface area (Å²) in [6, 6.07) is 0.157. The van der Waals surface area contributed by atoms with Crippen LogP contribution in [0.5, 0.6) is 0 Å². The lowest BCUT2D eigenvalue weighted by Gasteiger charge is -2.03. The van der Waals surface area contributed by atoms with Gasteiger partial charge in [-0.3, -0.25) is 4.68 Å². The van der Waals surface area contributed by atoms with Crippen LogP contribution in [-0.4, -0.2) is 9.78 Å². The molecule has 3 nitrogen and oxygen atoms in total. The van der Waals surface area contributed by atoms with Gasteiger partial charge < -0.3 is 5.73 Å². The third-order valence-electron chi connectivity index (χ3n) is 2.98. The van der Waals surface area contributed by atoms with Crippen molar-refractivity contribution < 1.29 is 0 Å². The van der Waals surface area contributed by atoms with Crippen molar-refractivity contribution in [2.45, 2.75) is 45.2 Å². The van der Waals surface area contributed by atoms with Crippen molar-refractivity contribution in [3.8, 4) is 0 Å². The monoisotopic (exact) mass is 193 g/mol. The molecule has 78 valence electrons. The first kappa shape index (κ1) is 9.71. The van der Waals surface area contributed by atoms with E-state index in [0.717, 1.165) is 18.9 Å². The summed E-state index contributed by atoms with van der Waals surface area (Å²) in [5, 5.41) is 4.32. The quantitative estimate of drug-likeness (QED) is 0.778. The minimum atomic E-state index is 0.157. The van der Waals surface area contributed by atoms with Crippen molar-refractivity contribution in [2.75, 3.05) is 0 Å². The van der Waals surface area contributed by atoms with Gasteiger partial charge in [-0.25, -0.2) is 0 Å². The number of hydrogen-bond acceptors (Lipinski definition) is 2. The lowest BCUT2D eigenvalue weighted by molar-refractivity contribution is 0.545. The van der Waals surface area contributed by atoms with Crippen LogP contribution >= 0.6 is 0 Å². The molecule has 0 spiro atoms. The molecule has 1 aliphatic rings. The molecule has 2 N–H and O–H groups in total. The molecule has 1 aromatic heterocycles. The smallest absolute Gasteiger partial charge is 0.0537 e. The van der Waals surface area contributed by atoms with Crippen LogP contribution in [0.1, 0.15) is 44.2 Å². The molecule has 1 fully saturated rings. The van der Waals surface area contributed by atoms with Crippen LogP contribution in [0.15, 0.2) is 12.4 Å². The van der Waals surface area contributed by atoms with E-state index in [1.54, 1.807) is 0 Å². The maximum Gasteiger partial charge on any atom is 0.0537 e. The summed E-state index contributed by atoms with van der Waals surface area (Å²) in [7, 11) is 0. The Hall–Kier alpha value is -0.830. The fraction of sp³-hybridized carbons (Fsp3) is 0.727. The minimum absolute atomic E-state index is 0.157. The van der Waals surface area contributed by atoms with Gasteiger partial charge in [-0.1, -0.05) is 19.8 Å². The van der Waals surface area contributed by atoms with E-state index in [2.05, 4.69) is 18.2 Å². The van der Waals surface area contributed by atoms with Gasteiger partial charge in [-0.05, 0) is 18.8 Å². The van der Waals surface area contributed by atoms with E-state index < -0.39 is 0 Å². The molecular formula is C11H19N3. The second-order valence-electron chi connectivity index (χ2n) is 4.28. The molecule has 0 radical (unpaired) electrons. The molecule has 1 aromatic rings. The molecule has 3 heteroatoms. The molecule has 0 amide bonds. The van der Waals surface area contributed by atoms with E-state index in [0.29, 0.717) is 0 Å². The highest BCUT2D eigenvalue weighted by Crippen LogP contribution is 2.32. The Morgan fingerprint density at radius 2 is 2.43 bits per heavy atom. The highest BCUT2D eigenvalue weighted by atomic mass is 15.3. The maximum atomic E-state index is 5.92. The van der Waals surface area contributed by atoms with Gasteiger partial charge in [-0.2, -0.15) is 5.10 Å². The summed E-state index contributed by atoms with van der Waals surface area (Å²) in [6.45, 7) is 3.16. The first-order valence-corrected chi connectivity index (χ1v) is 5.57. The standard InChI is InChI=1S/C11H19N3/c1-2-11(12)10-7-13-14(8-10)6-5-9-3-4-9/h7-9,11H,2-6,12H2,1H3. The van der Waals surface area contributed by atoms with Crippen LogP contribution in [0.2, 0.25) is 0 Å². The van der Waals surface area contributed by atoms with E-state index in [4.69, 9.17) is 5.73 Å². The third-order valence-corrected chi connectivity index (χ3v) is 2.98. The van der Waals surface area contributed by atoms with E-state index in [1.165, 1.54) is 24.8 Å². The van der Waals surface area contributed by atoms with E-state index in [9.17, 15) is 0 Å². The zero-order valence-electron chi connectivity index (χ0n) is 8.82. The average molecular weight is 193 g/mol. The van der Waals surface area contributed by atoms with Crippen molar-refractivity contribution in [1.82, 2.24) is 9.78 Å². The molecule has 1 heterocycles. The average Bonchev–Trinajstić information content (AvgIpc) is 2.92. The molecular weight excluding hydrogens is 174 g/mol. The summed E-state index contributed by atoms with van der Waals surface area (Å²) in [4.78, 5) is 0. The summed E-state index contributed by atoms with van der Waals surface area (Å²) in [6.07, 6.45) is 9.10. The van der Waals surface area contributed by atoms with Gasteiger partial charge in [0.2, 0.25) is 0 Å². The largest absolute Gasteiger partial charge is 0.324 e. The topological polar surface area (TPSA) is 43.8 Å². The summed E-state index contributed by atoms with van der Waals surface area (Å²) < 4.78 is 2.03. The molecule has 1 saturated carbocycles. The Morgan fingerprint density at radius 1 is 1.64 bits per heavy atom. The molecule has 1 atom stereocenters. The zero-order chi connectivity index (χ0) is 9.97. The molecule has 0 aromatic carbocycles. The van der Waals surface area contributed by atoms with Crippen LogP contribution in [0.4, 0.5) is 0 Å². The van der Waals surface area contributed by atoms with Crippen molar-refractivity contribution in [3.05, 3.63) is 18.0 Å². The first-order valence-electron chi connectivity index (χ1n) is 5.57. The Kier molecular flexibility index (Phi) is 2.87. The minimum Gasteiger partial charge on any atom is -0.324 e. The van der Waals surface area contributed by atoms with Crippen LogP contribution in [0.25, 0.3) is 0 Å². The molecule has 1 aliphatic carbocycles. The Bertz CT molecular complexity index is 288. The molecule has 0 aliphatic heterocycles. The van der Waals surface area contributed by atoms with Crippen LogP contribution < -0.4 is 5.73 Å². The summed E-state index contributed by atoms with van der Waals surface area (Å²) in [5.74, 6) is 0.975. The molecule has 2 rings (SSSR count). The number of aromatic nitrogens is 2. The normalized spacial score (nSPS) is 18.4. The maximum absolute atomic E-state index is 5.92. The van der Waals surface area contributed by atoms with E-state index in [-0.39, 0.29) is 6.04 Å². The highest BCUT2D eigenvalue weighted by molar-refractivity contribution is 5.09. The zero-order valence-corrected chi connectivity index (χ0v) is 8.82. The Morgan fingerprint density at radius 3 is 3.07 bits per heavy atom. The molecule has 14 heavy (non-hydrogen) atoms. The van der Waals surface area contributed by atoms with Crippen molar-refractivity contribution in [2.24, 2.45) is 11.7 Å². The molecule has 1 unspecified atom stereocenters. The van der Waals surface area contributed by atoms with Gasteiger partial charge in [0.05, 0.1) is 6.20 Å². The number of rotatable bonds is 5. The highest BCUT2D eigenvalue weighted by Gasteiger charge is 2.20. The van der Waals surface area contributed by atoms with E-state index in [1.807, 2.05) is 10.9 Å². The van der Waals surface area contributed by atoms with Crippen LogP contribution in [0.3, 0.4) is 0 Å². The van der Waals surface area contributed by atoms with Crippen molar-refractivity contribution >= 4 is 0 Å². The Labute approximate surface area is 85.3 Å². The van der Waals surface area contributed by atoms with Crippen molar-refractivity contribution in [1.29, 1.82) is 0 Å². The number of nitrogens with zero attached hydrogens (tertiary/aromatic N) is 2. The summed E-state index contributed by atoms with van der Waals surface area (Å²) >= 11 is 0. The van der Waals surface area contributed by atoms with Gasteiger partial charge in [-0.15, -0.1) is 0 Å². The van der Waals surface area contributed by atoms with Gasteiger partial charge in [0, 0.05) is 24.3 Å². The molecule has 0 bridgehead atoms. The van der Waals surface area contributed by atoms with Gasteiger partial charge in [0.25, 0.3) is 0 Å². The van der Waals surface area contributed by atoms with Crippen LogP contribution in [0, 0.1) is 5.92 Å². The predicted molar refractivity (Wildman–Crippen MR) is 56.8 cm³/mol. The van der Waals surface area contributed by atoms with Gasteiger partial charge in [0.15, 0.2) is 0 Å². The summed E-state index contributed by atoms with van der Waals surface area (Å²) in [5.41, 5.74) is 7.09. The Balaban J connectivity index is 1.87. The lowest BCUT2D eigenvalue weighted by Crippen LogP contribution is -2.07. The number of hydrogen-bond donors (Lipinski definition) is 1. The number of nitrogens with two attached hydrogens (primary N) is 1. The van der Waals surface area contributed by atoms with Crippen molar-refractivity contribution in [3.63, 3.8) is 0 Å². The van der Waals surface area contributed by atoms with Gasteiger partial charge >= 0.3 is 0 Å². The first-order chi connectivity index (χ1) is 6.79. The predicted octanol–water partition coefficient (Wildman–Crippen LogP) is 2.09. The SMILES string of the molecule is CCC(N)c1cnn(CCC2CC2)c1. The van der Waals surface area contributed by atoms with E-state index >= 15 is 0 Å². The second-order valence-corrected chi connectivity index (χ2v) is 4.28. The fourth-order valence-corrected chi connectivity index (χ4v) is 1.65. The third kappa shape index (κ3) is 2.35. The van der Waals surface area contributed by atoms with Gasteiger partial charge in [0.1, 0.15) is 0 Å². The van der Waals surface area contributed by atoms with Crippen LogP contribution in [-0.2, 0) is 6.54 Å². The second kappa shape index (κ2) is 4.13. The molecule has 0 saturated heterocycles. The lowest BCUT2D eigenvalue weighted by atomic mass is 10.1. The number of aryl methyl sites for hydroxylation is 1. The fourth-order valence-electron chi connectivity index (χ4n) is 1.65.